The number of hydrogen-bond acceptors (Lipinski definition) is 8. The predicted molar refractivity (Wildman–Crippen MR) is 135 cm³/mol. The maximum Gasteiger partial charge on any atom is 0.256 e. The molecule has 2 aliphatic rings. The molecule has 38 heavy (non-hydrogen) atoms. The number of fused-ring (bicyclic) bond motifs is 5. The third-order valence-electron chi connectivity index (χ3n) is 6.91. The van der Waals surface area contributed by atoms with Crippen LogP contribution in [0.1, 0.15) is 55.1 Å². The van der Waals surface area contributed by atoms with Gasteiger partial charge in [0.15, 0.2) is 17.3 Å². The smallest absolute Gasteiger partial charge is 0.256 e. The number of hydrogen-bond donors (Lipinski definition) is 2. The summed E-state index contributed by atoms with van der Waals surface area (Å²) in [7, 11) is 1.54. The molecule has 4 bridgehead atoms. The lowest BCUT2D eigenvalue weighted by atomic mass is 10.1. The number of benzene rings is 1. The fraction of sp³-hybridized carbons (Fsp3) is 0.423. The van der Waals surface area contributed by atoms with Gasteiger partial charge >= 0.3 is 0 Å². The average molecular weight is 523 g/mol. The van der Waals surface area contributed by atoms with E-state index < -0.39 is 12.1 Å². The summed E-state index contributed by atoms with van der Waals surface area (Å²) in [6, 6.07) is 4.49. The van der Waals surface area contributed by atoms with E-state index in [9.17, 15) is 14.4 Å². The van der Waals surface area contributed by atoms with E-state index in [0.717, 1.165) is 0 Å². The second kappa shape index (κ2) is 10.3. The minimum absolute atomic E-state index is 0.138. The van der Waals surface area contributed by atoms with Crippen LogP contribution >= 0.6 is 0 Å². The highest BCUT2D eigenvalue weighted by Crippen LogP contribution is 2.29. The lowest BCUT2D eigenvalue weighted by molar-refractivity contribution is 0.0291. The second-order valence-electron chi connectivity index (χ2n) is 9.51. The Morgan fingerprint density at radius 1 is 1.21 bits per heavy atom. The van der Waals surface area contributed by atoms with Gasteiger partial charge in [-0.15, -0.1) is 5.10 Å². The highest BCUT2D eigenvalue weighted by molar-refractivity contribution is 6.02. The van der Waals surface area contributed by atoms with Gasteiger partial charge in [0.1, 0.15) is 12.3 Å². The first-order valence-corrected chi connectivity index (χ1v) is 12.4. The van der Waals surface area contributed by atoms with Gasteiger partial charge in [0.2, 0.25) is 0 Å². The zero-order valence-corrected chi connectivity index (χ0v) is 21.7. The summed E-state index contributed by atoms with van der Waals surface area (Å²) in [5.41, 5.74) is 3.13. The van der Waals surface area contributed by atoms with Gasteiger partial charge in [-0.2, -0.15) is 0 Å². The quantitative estimate of drug-likeness (QED) is 0.495. The van der Waals surface area contributed by atoms with E-state index in [1.54, 1.807) is 47.8 Å². The largest absolute Gasteiger partial charge is 0.493 e. The molecule has 1 aromatic carbocycles. The maximum atomic E-state index is 13.6. The lowest BCUT2D eigenvalue weighted by Crippen LogP contribution is -2.44. The van der Waals surface area contributed by atoms with Crippen molar-refractivity contribution in [3.63, 3.8) is 0 Å². The van der Waals surface area contributed by atoms with E-state index in [-0.39, 0.29) is 37.3 Å². The van der Waals surface area contributed by atoms with Crippen LogP contribution in [0.25, 0.3) is 0 Å². The fourth-order valence-corrected chi connectivity index (χ4v) is 4.97. The molecule has 12 nitrogen and oxygen atoms in total. The third kappa shape index (κ3) is 4.86. The van der Waals surface area contributed by atoms with E-state index in [0.29, 0.717) is 58.4 Å². The summed E-state index contributed by atoms with van der Waals surface area (Å²) >= 11 is 0. The number of Topliss-reactive ketones (excluding diaryl/α,β-unsaturated/α-hetero) is 1. The van der Waals surface area contributed by atoms with Gasteiger partial charge in [0.25, 0.3) is 11.8 Å². The number of methoxy groups -OCH3 is 1. The van der Waals surface area contributed by atoms with E-state index in [4.69, 9.17) is 14.2 Å². The normalized spacial score (nSPS) is 19.6. The molecule has 0 radical (unpaired) electrons. The number of carbonyl (C=O) groups excluding carboxylic acids is 3. The molecule has 1 fully saturated rings. The molecule has 2 aliphatic heterocycles. The van der Waals surface area contributed by atoms with Gasteiger partial charge in [0, 0.05) is 31.3 Å². The molecule has 5 rings (SSSR count). The molecule has 1 saturated heterocycles. The first-order chi connectivity index (χ1) is 18.2. The Balaban J connectivity index is 1.44. The summed E-state index contributed by atoms with van der Waals surface area (Å²) < 4.78 is 19.1. The topological polar surface area (TPSA) is 141 Å². The van der Waals surface area contributed by atoms with Crippen LogP contribution in [0.5, 0.6) is 11.5 Å². The third-order valence-corrected chi connectivity index (χ3v) is 6.91. The second-order valence-corrected chi connectivity index (χ2v) is 9.51. The van der Waals surface area contributed by atoms with Crippen molar-refractivity contribution in [1.29, 1.82) is 0 Å². The molecule has 2 N–H and O–H groups in total. The van der Waals surface area contributed by atoms with E-state index in [2.05, 4.69) is 20.6 Å². The van der Waals surface area contributed by atoms with Crippen LogP contribution in [0.2, 0.25) is 0 Å². The first-order valence-electron chi connectivity index (χ1n) is 12.4. The molecule has 200 valence electrons. The number of aromatic amines is 1. The molecule has 2 aromatic heterocycles. The molecular weight excluding hydrogens is 492 g/mol. The molecule has 0 aliphatic carbocycles. The maximum absolute atomic E-state index is 13.6. The minimum Gasteiger partial charge on any atom is -0.493 e. The lowest BCUT2D eigenvalue weighted by Gasteiger charge is -2.20. The Hall–Kier alpha value is -4.19. The number of rotatable bonds is 3. The van der Waals surface area contributed by atoms with Crippen LogP contribution in [-0.4, -0.2) is 81.4 Å². The summed E-state index contributed by atoms with van der Waals surface area (Å²) in [6.45, 7) is 6.39. The SMILES string of the molecule is COc1ccc2cc1OCCn1cc(nn1)CO[C@H]1CN(C(=O)c3c(C)[nH]c(C(C)=O)c3C)C[C@@H]1NC2=O. The van der Waals surface area contributed by atoms with Crippen LogP contribution in [0, 0.1) is 13.8 Å². The van der Waals surface area contributed by atoms with Crippen molar-refractivity contribution in [3.05, 3.63) is 58.2 Å². The van der Waals surface area contributed by atoms with E-state index in [1.807, 2.05) is 0 Å². The molecular formula is C26H30N6O6. The van der Waals surface area contributed by atoms with Crippen LogP contribution in [0.4, 0.5) is 0 Å². The molecule has 0 unspecified atom stereocenters. The Kier molecular flexibility index (Phi) is 6.89. The summed E-state index contributed by atoms with van der Waals surface area (Å²) in [5.74, 6) is 0.255. The Bertz CT molecular complexity index is 1390. The van der Waals surface area contributed by atoms with Gasteiger partial charge in [0.05, 0.1) is 49.9 Å². The number of nitrogens with zero attached hydrogens (tertiary/aromatic N) is 4. The molecule has 2 amide bonds. The Morgan fingerprint density at radius 2 is 2.03 bits per heavy atom. The highest BCUT2D eigenvalue weighted by Gasteiger charge is 2.39. The van der Waals surface area contributed by atoms with Crippen LogP contribution < -0.4 is 14.8 Å². The van der Waals surface area contributed by atoms with Crippen molar-refractivity contribution >= 4 is 17.6 Å². The number of amides is 2. The molecule has 3 aromatic rings. The summed E-state index contributed by atoms with van der Waals surface area (Å²) in [5, 5.41) is 11.3. The van der Waals surface area contributed by atoms with Gasteiger partial charge in [-0.1, -0.05) is 5.21 Å². The zero-order chi connectivity index (χ0) is 27.0. The number of aromatic nitrogens is 4. The average Bonchev–Trinajstić information content (AvgIpc) is 3.59. The number of ether oxygens (including phenoxy) is 3. The highest BCUT2D eigenvalue weighted by atomic mass is 16.5. The van der Waals surface area contributed by atoms with Crippen molar-refractivity contribution in [1.82, 2.24) is 30.2 Å². The van der Waals surface area contributed by atoms with Crippen molar-refractivity contribution < 1.29 is 28.6 Å². The molecule has 4 heterocycles. The van der Waals surface area contributed by atoms with Gasteiger partial charge < -0.3 is 29.4 Å². The van der Waals surface area contributed by atoms with Crippen LogP contribution in [0.15, 0.2) is 24.4 Å². The first kappa shape index (κ1) is 25.5. The fourth-order valence-electron chi connectivity index (χ4n) is 4.97. The predicted octanol–water partition coefficient (Wildman–Crippen LogP) is 1.67. The number of nitrogens with one attached hydrogen (secondary N) is 2. The van der Waals surface area contributed by atoms with Gasteiger partial charge in [-0.25, -0.2) is 4.68 Å². The molecule has 2 atom stereocenters. The molecule has 0 spiro atoms. The van der Waals surface area contributed by atoms with Crippen molar-refractivity contribution in [2.75, 3.05) is 26.8 Å². The number of aryl methyl sites for hydroxylation is 1. The van der Waals surface area contributed by atoms with Gasteiger partial charge in [-0.3, -0.25) is 14.4 Å². The van der Waals surface area contributed by atoms with Gasteiger partial charge in [-0.05, 0) is 37.6 Å². The van der Waals surface area contributed by atoms with Crippen LogP contribution in [-0.2, 0) is 17.9 Å². The minimum atomic E-state index is -0.487. The zero-order valence-electron chi connectivity index (χ0n) is 21.7. The Morgan fingerprint density at radius 3 is 2.76 bits per heavy atom. The summed E-state index contributed by atoms with van der Waals surface area (Å²) in [4.78, 5) is 43.5. The number of carbonyl (C=O) groups is 3. The number of H-pyrrole nitrogens is 1. The van der Waals surface area contributed by atoms with Crippen LogP contribution in [0.3, 0.4) is 0 Å². The van der Waals surface area contributed by atoms with E-state index >= 15 is 0 Å². The van der Waals surface area contributed by atoms with Crippen molar-refractivity contribution in [3.8, 4) is 11.5 Å². The summed E-state index contributed by atoms with van der Waals surface area (Å²) in [6.07, 6.45) is 1.29. The Labute approximate surface area is 219 Å². The monoisotopic (exact) mass is 522 g/mol. The van der Waals surface area contributed by atoms with Crippen molar-refractivity contribution in [2.24, 2.45) is 0 Å². The molecule has 12 heteroatoms. The number of ketones is 1. The standard InChI is InChI=1S/C26H30N6O6/c1-14-23(15(2)27-24(14)16(3)33)26(35)31-11-19-22(12-31)38-13-18-10-32(30-29-18)7-8-37-21-9-17(25(34)28-19)5-6-20(21)36-4/h5-6,9-10,19,22,27H,7-8,11-13H2,1-4H3,(H,28,34)/t19-,22-/m0/s1. The van der Waals surface area contributed by atoms with E-state index in [1.165, 1.54) is 14.0 Å². The van der Waals surface area contributed by atoms with Crippen molar-refractivity contribution in [2.45, 2.75) is 46.1 Å². The molecule has 0 saturated carbocycles. The number of likely N-dealkylation sites (tertiary alicyclic amines) is 1.